The molecule has 0 aromatic carbocycles. The Bertz CT molecular complexity index is 592. The summed E-state index contributed by atoms with van der Waals surface area (Å²) in [6.07, 6.45) is 8.29. The molecule has 0 bridgehead atoms. The molecule has 106 valence electrons. The first-order valence-electron chi connectivity index (χ1n) is 7.42. The second-order valence-electron chi connectivity index (χ2n) is 5.79. The van der Waals surface area contributed by atoms with Gasteiger partial charge in [0.2, 0.25) is 0 Å². The van der Waals surface area contributed by atoms with Crippen LogP contribution in [0.15, 0.2) is 18.3 Å². The van der Waals surface area contributed by atoms with Crippen LogP contribution in [0.3, 0.4) is 0 Å². The van der Waals surface area contributed by atoms with Crippen LogP contribution in [0.5, 0.6) is 0 Å². The molecule has 0 spiro atoms. The van der Waals surface area contributed by atoms with Crippen LogP contribution in [-0.4, -0.2) is 14.5 Å². The third-order valence-electron chi connectivity index (χ3n) is 4.33. The lowest BCUT2D eigenvalue weighted by Crippen LogP contribution is -2.11. The van der Waals surface area contributed by atoms with Crippen LogP contribution in [0, 0.1) is 6.92 Å². The highest BCUT2D eigenvalue weighted by atomic mass is 15.1. The number of nitrogens with zero attached hydrogens (tertiary/aromatic N) is 3. The van der Waals surface area contributed by atoms with E-state index in [2.05, 4.69) is 9.55 Å². The second kappa shape index (κ2) is 5.27. The maximum atomic E-state index is 6.25. The molecule has 0 unspecified atom stereocenters. The molecular weight excluding hydrogens is 248 g/mol. The van der Waals surface area contributed by atoms with Crippen LogP contribution in [0.25, 0.3) is 11.3 Å². The van der Waals surface area contributed by atoms with Crippen LogP contribution >= 0.6 is 0 Å². The Hall–Kier alpha value is -1.84. The topological polar surface area (TPSA) is 56.7 Å². The third-order valence-corrected chi connectivity index (χ3v) is 4.33. The lowest BCUT2D eigenvalue weighted by molar-refractivity contribution is 0.422. The number of nitrogens with two attached hydrogens (primary N) is 1. The number of hydrogen-bond acceptors (Lipinski definition) is 3. The molecule has 3 rings (SSSR count). The van der Waals surface area contributed by atoms with Gasteiger partial charge in [0.05, 0.1) is 0 Å². The summed E-state index contributed by atoms with van der Waals surface area (Å²) in [5, 5.41) is 0. The fourth-order valence-electron chi connectivity index (χ4n) is 3.08. The van der Waals surface area contributed by atoms with Crippen LogP contribution < -0.4 is 5.73 Å². The molecule has 2 heterocycles. The van der Waals surface area contributed by atoms with Crippen LogP contribution in [0.4, 0.5) is 5.82 Å². The van der Waals surface area contributed by atoms with Gasteiger partial charge < -0.3 is 10.3 Å². The molecule has 1 aliphatic rings. The van der Waals surface area contributed by atoms with Crippen molar-refractivity contribution < 1.29 is 0 Å². The molecule has 0 atom stereocenters. The van der Waals surface area contributed by atoms with Crippen molar-refractivity contribution in [1.29, 1.82) is 0 Å². The van der Waals surface area contributed by atoms with Crippen molar-refractivity contribution in [3.05, 3.63) is 29.8 Å². The molecule has 1 aliphatic carbocycles. The van der Waals surface area contributed by atoms with Gasteiger partial charge >= 0.3 is 0 Å². The first-order chi connectivity index (χ1) is 9.66. The molecule has 2 N–H and O–H groups in total. The van der Waals surface area contributed by atoms with Gasteiger partial charge in [-0.1, -0.05) is 19.3 Å². The number of rotatable bonds is 2. The predicted octanol–water partition coefficient (Wildman–Crippen LogP) is 3.42. The Kier molecular flexibility index (Phi) is 3.47. The smallest absolute Gasteiger partial charge is 0.131 e. The molecule has 2 aromatic rings. The normalized spacial score (nSPS) is 16.5. The summed E-state index contributed by atoms with van der Waals surface area (Å²) in [5.74, 6) is 2.44. The van der Waals surface area contributed by atoms with E-state index in [9.17, 15) is 0 Å². The summed E-state index contributed by atoms with van der Waals surface area (Å²) in [6, 6.07) is 4.05. The average Bonchev–Trinajstić information content (AvgIpc) is 2.77. The molecule has 0 amide bonds. The van der Waals surface area contributed by atoms with Crippen molar-refractivity contribution in [2.24, 2.45) is 7.05 Å². The van der Waals surface area contributed by atoms with Crippen molar-refractivity contribution in [2.75, 3.05) is 5.73 Å². The fourth-order valence-corrected chi connectivity index (χ4v) is 3.08. The third kappa shape index (κ3) is 2.30. The summed E-state index contributed by atoms with van der Waals surface area (Å²) in [7, 11) is 2.03. The highest BCUT2D eigenvalue weighted by Crippen LogP contribution is 2.35. The first kappa shape index (κ1) is 13.2. The summed E-state index contributed by atoms with van der Waals surface area (Å²) >= 11 is 0. The zero-order chi connectivity index (χ0) is 14.1. The molecule has 1 saturated carbocycles. The highest BCUT2D eigenvalue weighted by Gasteiger charge is 2.23. The van der Waals surface area contributed by atoms with Gasteiger partial charge in [0, 0.05) is 30.4 Å². The van der Waals surface area contributed by atoms with Gasteiger partial charge in [-0.15, -0.1) is 0 Å². The molecule has 0 saturated heterocycles. The Labute approximate surface area is 120 Å². The number of hydrogen-bond donors (Lipinski definition) is 1. The molecule has 4 heteroatoms. The van der Waals surface area contributed by atoms with Gasteiger partial charge in [-0.05, 0) is 31.9 Å². The minimum Gasteiger partial charge on any atom is -0.383 e. The standard InChI is InChI=1S/C16H22N4/c1-11-8-9-13(10-18-11)14-15(17)20(2)16(19-14)12-6-4-3-5-7-12/h8-10,12H,3-7,17H2,1-2H3. The van der Waals surface area contributed by atoms with E-state index in [0.29, 0.717) is 5.92 Å². The van der Waals surface area contributed by atoms with Crippen molar-refractivity contribution in [2.45, 2.75) is 44.9 Å². The molecule has 4 nitrogen and oxygen atoms in total. The second-order valence-corrected chi connectivity index (χ2v) is 5.79. The molecular formula is C16H22N4. The van der Waals surface area contributed by atoms with Gasteiger partial charge in [0.15, 0.2) is 0 Å². The Morgan fingerprint density at radius 3 is 2.60 bits per heavy atom. The molecule has 0 radical (unpaired) electrons. The number of imidazole rings is 1. The number of aryl methyl sites for hydroxylation is 1. The van der Waals surface area contributed by atoms with Crippen LogP contribution in [0.2, 0.25) is 0 Å². The lowest BCUT2D eigenvalue weighted by atomic mass is 9.89. The van der Waals surface area contributed by atoms with Gasteiger partial charge in [0.1, 0.15) is 17.3 Å². The Balaban J connectivity index is 1.98. The van der Waals surface area contributed by atoms with Crippen molar-refractivity contribution in [3.63, 3.8) is 0 Å². The highest BCUT2D eigenvalue weighted by molar-refractivity contribution is 5.70. The zero-order valence-electron chi connectivity index (χ0n) is 12.3. The van der Waals surface area contributed by atoms with E-state index in [1.165, 1.54) is 32.1 Å². The Morgan fingerprint density at radius 1 is 1.20 bits per heavy atom. The number of aromatic nitrogens is 3. The average molecular weight is 270 g/mol. The molecule has 20 heavy (non-hydrogen) atoms. The SMILES string of the molecule is Cc1ccc(-c2nc(C3CCCCC3)n(C)c2N)cn1. The maximum absolute atomic E-state index is 6.25. The van der Waals surface area contributed by atoms with Crippen LogP contribution in [-0.2, 0) is 7.05 Å². The molecule has 0 aliphatic heterocycles. The predicted molar refractivity (Wildman–Crippen MR) is 81.4 cm³/mol. The summed E-state index contributed by atoms with van der Waals surface area (Å²) < 4.78 is 2.06. The van der Waals surface area contributed by atoms with Crippen molar-refractivity contribution in [1.82, 2.24) is 14.5 Å². The number of nitrogen functional groups attached to an aromatic ring is 1. The summed E-state index contributed by atoms with van der Waals surface area (Å²) in [5.41, 5.74) is 9.14. The van der Waals surface area contributed by atoms with Gasteiger partial charge in [-0.25, -0.2) is 4.98 Å². The fraction of sp³-hybridized carbons (Fsp3) is 0.500. The van der Waals surface area contributed by atoms with E-state index in [-0.39, 0.29) is 0 Å². The van der Waals surface area contributed by atoms with E-state index in [1.54, 1.807) is 0 Å². The zero-order valence-corrected chi connectivity index (χ0v) is 12.3. The van der Waals surface area contributed by atoms with Gasteiger partial charge in [0.25, 0.3) is 0 Å². The lowest BCUT2D eigenvalue weighted by Gasteiger charge is -2.21. The van der Waals surface area contributed by atoms with E-state index < -0.39 is 0 Å². The number of anilines is 1. The van der Waals surface area contributed by atoms with Crippen molar-refractivity contribution >= 4 is 5.82 Å². The number of pyridine rings is 1. The Morgan fingerprint density at radius 2 is 1.95 bits per heavy atom. The summed E-state index contributed by atoms with van der Waals surface area (Å²) in [4.78, 5) is 9.17. The largest absolute Gasteiger partial charge is 0.383 e. The van der Waals surface area contributed by atoms with E-state index in [0.717, 1.165) is 28.6 Å². The van der Waals surface area contributed by atoms with E-state index >= 15 is 0 Å². The molecule has 1 fully saturated rings. The summed E-state index contributed by atoms with van der Waals surface area (Å²) in [6.45, 7) is 1.99. The maximum Gasteiger partial charge on any atom is 0.131 e. The minimum atomic E-state index is 0.559. The first-order valence-corrected chi connectivity index (χ1v) is 7.42. The minimum absolute atomic E-state index is 0.559. The van der Waals surface area contributed by atoms with E-state index in [1.807, 2.05) is 32.3 Å². The quantitative estimate of drug-likeness (QED) is 0.909. The van der Waals surface area contributed by atoms with Gasteiger partial charge in [-0.2, -0.15) is 0 Å². The monoisotopic (exact) mass is 270 g/mol. The van der Waals surface area contributed by atoms with E-state index in [4.69, 9.17) is 10.7 Å². The van der Waals surface area contributed by atoms with Crippen LogP contribution in [0.1, 0.15) is 49.5 Å². The molecule has 2 aromatic heterocycles. The van der Waals surface area contributed by atoms with Gasteiger partial charge in [-0.3, -0.25) is 4.98 Å². The van der Waals surface area contributed by atoms with Crippen molar-refractivity contribution in [3.8, 4) is 11.3 Å².